The van der Waals surface area contributed by atoms with Crippen molar-refractivity contribution >= 4 is 23.5 Å². The van der Waals surface area contributed by atoms with E-state index < -0.39 is 46.3 Å². The zero-order valence-corrected chi connectivity index (χ0v) is 19.8. The molecule has 0 unspecified atom stereocenters. The van der Waals surface area contributed by atoms with Crippen LogP contribution >= 0.6 is 11.6 Å². The van der Waals surface area contributed by atoms with Crippen molar-refractivity contribution in [2.75, 3.05) is 0 Å². The first-order chi connectivity index (χ1) is 15.7. The van der Waals surface area contributed by atoms with Gasteiger partial charge >= 0.3 is 11.9 Å². The van der Waals surface area contributed by atoms with Crippen molar-refractivity contribution in [2.45, 2.75) is 45.8 Å². The quantitative estimate of drug-likeness (QED) is 0.414. The number of benzene rings is 2. The van der Waals surface area contributed by atoms with E-state index in [1.54, 1.807) is 20.8 Å². The molecule has 1 aromatic heterocycles. The maximum Gasteiger partial charge on any atom is 0.361 e. The average molecular weight is 495 g/mol. The number of nitrogens with zero attached hydrogens (tertiary/aromatic N) is 2. The van der Waals surface area contributed by atoms with Gasteiger partial charge in [-0.05, 0) is 71.0 Å². The van der Waals surface area contributed by atoms with Crippen LogP contribution < -0.4 is 0 Å². The lowest BCUT2D eigenvalue weighted by atomic mass is 10.1. The smallest absolute Gasteiger partial charge is 0.361 e. The first-order valence-corrected chi connectivity index (χ1v) is 10.5. The lowest BCUT2D eigenvalue weighted by Crippen LogP contribution is -2.42. The molecule has 6 nitrogen and oxygen atoms in total. The molecule has 3 rings (SSSR count). The summed E-state index contributed by atoms with van der Waals surface area (Å²) in [7, 11) is 0. The van der Waals surface area contributed by atoms with Crippen LogP contribution in [0.1, 0.15) is 45.1 Å². The van der Waals surface area contributed by atoms with Gasteiger partial charge in [0.25, 0.3) is 0 Å². The first-order valence-electron chi connectivity index (χ1n) is 10.2. The molecule has 1 heterocycles. The lowest BCUT2D eigenvalue weighted by molar-refractivity contribution is -0.174. The van der Waals surface area contributed by atoms with E-state index >= 15 is 0 Å². The molecule has 0 aliphatic carbocycles. The Kier molecular flexibility index (Phi) is 6.80. The van der Waals surface area contributed by atoms with E-state index in [0.717, 1.165) is 35.0 Å². The molecule has 2 aromatic carbocycles. The molecule has 3 aromatic rings. The van der Waals surface area contributed by atoms with Crippen molar-refractivity contribution < 1.29 is 32.2 Å². The van der Waals surface area contributed by atoms with E-state index in [4.69, 9.17) is 21.1 Å². The highest BCUT2D eigenvalue weighted by Gasteiger charge is 2.38. The Labute approximate surface area is 199 Å². The molecule has 0 saturated heterocycles. The van der Waals surface area contributed by atoms with Crippen molar-refractivity contribution in [3.63, 3.8) is 0 Å². The average Bonchev–Trinajstić information content (AvgIpc) is 3.06. The topological polar surface area (TPSA) is 70.4 Å². The van der Waals surface area contributed by atoms with E-state index in [2.05, 4.69) is 5.10 Å². The maximum atomic E-state index is 14.6. The standard InChI is InChI=1S/C24H22ClF3N2O4/c1-23(2,3)34-22(32)24(4,5)33-21(31)19-18(25)20(13-6-8-14(26)9-7-13)30(29-19)17-12-15(27)10-11-16(17)28/h6-12H,1-5H3. The number of esters is 2. The molecule has 0 bridgehead atoms. The number of carbonyl (C=O) groups excluding carboxylic acids is 2. The van der Waals surface area contributed by atoms with E-state index in [-0.39, 0.29) is 22.0 Å². The third-order valence-electron chi connectivity index (χ3n) is 4.51. The SMILES string of the molecule is CC(C)(C)OC(=O)C(C)(C)OC(=O)c1nn(-c2cc(F)ccc2F)c(-c2ccc(F)cc2)c1Cl. The Bertz CT molecular complexity index is 1250. The van der Waals surface area contributed by atoms with Gasteiger partial charge in [-0.3, -0.25) is 0 Å². The highest BCUT2D eigenvalue weighted by molar-refractivity contribution is 6.36. The summed E-state index contributed by atoms with van der Waals surface area (Å²) in [5.41, 5.74) is -3.07. The summed E-state index contributed by atoms with van der Waals surface area (Å²) in [6, 6.07) is 7.62. The van der Waals surface area contributed by atoms with Crippen molar-refractivity contribution in [1.29, 1.82) is 0 Å². The van der Waals surface area contributed by atoms with Crippen LogP contribution in [0, 0.1) is 17.5 Å². The number of ether oxygens (including phenoxy) is 2. The van der Waals surface area contributed by atoms with Crippen LogP contribution in [0.4, 0.5) is 13.2 Å². The summed E-state index contributed by atoms with van der Waals surface area (Å²) in [4.78, 5) is 25.4. The normalized spacial score (nSPS) is 11.9. The van der Waals surface area contributed by atoms with Crippen LogP contribution in [0.3, 0.4) is 0 Å². The summed E-state index contributed by atoms with van der Waals surface area (Å²) < 4.78 is 53.5. The summed E-state index contributed by atoms with van der Waals surface area (Å²) in [6.45, 7) is 7.63. The second kappa shape index (κ2) is 9.13. The zero-order chi connectivity index (χ0) is 25.4. The van der Waals surface area contributed by atoms with Crippen LogP contribution in [-0.2, 0) is 14.3 Å². The molecular weight excluding hydrogens is 473 g/mol. The molecule has 0 N–H and O–H groups in total. The fourth-order valence-corrected chi connectivity index (χ4v) is 3.24. The van der Waals surface area contributed by atoms with Gasteiger partial charge in [0.2, 0.25) is 5.60 Å². The number of rotatable bonds is 5. The van der Waals surface area contributed by atoms with Crippen LogP contribution in [0.25, 0.3) is 16.9 Å². The first kappa shape index (κ1) is 25.3. The van der Waals surface area contributed by atoms with E-state index in [0.29, 0.717) is 0 Å². The van der Waals surface area contributed by atoms with Gasteiger partial charge in [-0.1, -0.05) is 11.6 Å². The van der Waals surface area contributed by atoms with Gasteiger partial charge in [0.15, 0.2) is 5.69 Å². The monoisotopic (exact) mass is 494 g/mol. The molecule has 0 saturated carbocycles. The van der Waals surface area contributed by atoms with Crippen LogP contribution in [-0.4, -0.2) is 32.9 Å². The summed E-state index contributed by atoms with van der Waals surface area (Å²) in [5, 5.41) is 3.79. The Balaban J connectivity index is 2.10. The van der Waals surface area contributed by atoms with Gasteiger partial charge in [-0.15, -0.1) is 0 Å². The minimum absolute atomic E-state index is 0.00630. The Morgan fingerprint density at radius 1 is 0.912 bits per heavy atom. The van der Waals surface area contributed by atoms with E-state index in [1.165, 1.54) is 26.0 Å². The predicted molar refractivity (Wildman–Crippen MR) is 119 cm³/mol. The number of aromatic nitrogens is 2. The molecular formula is C24H22ClF3N2O4. The molecule has 180 valence electrons. The van der Waals surface area contributed by atoms with Gasteiger partial charge in [0.05, 0.1) is 5.69 Å². The van der Waals surface area contributed by atoms with Gasteiger partial charge in [0.1, 0.15) is 33.8 Å². The zero-order valence-electron chi connectivity index (χ0n) is 19.1. The van der Waals surface area contributed by atoms with Crippen molar-refractivity contribution in [1.82, 2.24) is 9.78 Å². The van der Waals surface area contributed by atoms with Gasteiger partial charge in [-0.2, -0.15) is 5.10 Å². The van der Waals surface area contributed by atoms with Crippen LogP contribution in [0.2, 0.25) is 5.02 Å². The summed E-state index contributed by atoms with van der Waals surface area (Å²) >= 11 is 6.45. The second-order valence-electron chi connectivity index (χ2n) is 8.93. The molecule has 0 amide bonds. The summed E-state index contributed by atoms with van der Waals surface area (Å²) in [6.07, 6.45) is 0. The number of hydrogen-bond acceptors (Lipinski definition) is 5. The largest absolute Gasteiger partial charge is 0.457 e. The summed E-state index contributed by atoms with van der Waals surface area (Å²) in [5.74, 6) is -4.05. The Hall–Kier alpha value is -3.33. The van der Waals surface area contributed by atoms with Crippen LogP contribution in [0.5, 0.6) is 0 Å². The Morgan fingerprint density at radius 2 is 1.50 bits per heavy atom. The molecule has 0 aliphatic rings. The van der Waals surface area contributed by atoms with Crippen molar-refractivity contribution in [2.24, 2.45) is 0 Å². The molecule has 0 atom stereocenters. The van der Waals surface area contributed by atoms with Crippen molar-refractivity contribution in [3.05, 3.63) is 70.6 Å². The van der Waals surface area contributed by atoms with Gasteiger partial charge in [-0.25, -0.2) is 27.4 Å². The van der Waals surface area contributed by atoms with E-state index in [1.807, 2.05) is 0 Å². The molecule has 10 heteroatoms. The molecule has 34 heavy (non-hydrogen) atoms. The third-order valence-corrected chi connectivity index (χ3v) is 4.87. The van der Waals surface area contributed by atoms with Gasteiger partial charge in [0, 0.05) is 11.6 Å². The maximum absolute atomic E-state index is 14.6. The molecule has 0 radical (unpaired) electrons. The minimum atomic E-state index is -1.71. The molecule has 0 aliphatic heterocycles. The fraction of sp³-hybridized carbons (Fsp3) is 0.292. The van der Waals surface area contributed by atoms with Crippen molar-refractivity contribution in [3.8, 4) is 16.9 Å². The number of hydrogen-bond donors (Lipinski definition) is 0. The predicted octanol–water partition coefficient (Wildman–Crippen LogP) is 5.89. The number of halogens is 4. The van der Waals surface area contributed by atoms with E-state index in [9.17, 15) is 22.8 Å². The highest BCUT2D eigenvalue weighted by atomic mass is 35.5. The Morgan fingerprint density at radius 3 is 2.09 bits per heavy atom. The third kappa shape index (κ3) is 5.41. The number of carbonyl (C=O) groups is 2. The highest BCUT2D eigenvalue weighted by Crippen LogP contribution is 2.35. The van der Waals surface area contributed by atoms with Gasteiger partial charge < -0.3 is 9.47 Å². The molecule has 0 fully saturated rings. The lowest BCUT2D eigenvalue weighted by Gasteiger charge is -2.28. The minimum Gasteiger partial charge on any atom is -0.457 e. The fourth-order valence-electron chi connectivity index (χ4n) is 2.93. The van der Waals surface area contributed by atoms with Crippen LogP contribution in [0.15, 0.2) is 42.5 Å². The molecule has 0 spiro atoms. The second-order valence-corrected chi connectivity index (χ2v) is 9.31.